The highest BCUT2D eigenvalue weighted by Crippen LogP contribution is 2.22. The van der Waals surface area contributed by atoms with Crippen LogP contribution >= 0.6 is 0 Å². The molecule has 0 saturated heterocycles. The summed E-state index contributed by atoms with van der Waals surface area (Å²) in [7, 11) is 3.68. The molecule has 0 aliphatic carbocycles. The molecule has 0 aromatic heterocycles. The molecule has 0 radical (unpaired) electrons. The summed E-state index contributed by atoms with van der Waals surface area (Å²) < 4.78 is 13.2. The fraction of sp³-hybridized carbons (Fsp3) is 0.188. The van der Waals surface area contributed by atoms with Crippen molar-refractivity contribution in [3.05, 3.63) is 54.3 Å². The number of nitrogens with one attached hydrogen (secondary N) is 1. The molecule has 0 heterocycles. The first kappa shape index (κ1) is 14.2. The van der Waals surface area contributed by atoms with Crippen LogP contribution in [0.2, 0.25) is 0 Å². The van der Waals surface area contributed by atoms with Crippen LogP contribution in [0.5, 0.6) is 0 Å². The Morgan fingerprint density at radius 2 is 1.80 bits per heavy atom. The lowest BCUT2D eigenvalue weighted by Gasteiger charge is -2.10. The van der Waals surface area contributed by atoms with E-state index in [1.165, 1.54) is 12.1 Å². The first-order valence-electron chi connectivity index (χ1n) is 6.35. The lowest BCUT2D eigenvalue weighted by molar-refractivity contribution is -0.116. The normalized spacial score (nSPS) is 10.6. The molecule has 2 aromatic carbocycles. The highest BCUT2D eigenvalue weighted by molar-refractivity contribution is 5.92. The maximum Gasteiger partial charge on any atom is 0.238 e. The van der Waals surface area contributed by atoms with Gasteiger partial charge in [0.15, 0.2) is 0 Å². The minimum Gasteiger partial charge on any atom is -0.325 e. The zero-order valence-electron chi connectivity index (χ0n) is 11.6. The zero-order valence-corrected chi connectivity index (χ0v) is 11.6. The predicted octanol–water partition coefficient (Wildman–Crippen LogP) is 2.99. The van der Waals surface area contributed by atoms with E-state index >= 15 is 0 Å². The molecule has 104 valence electrons. The quantitative estimate of drug-likeness (QED) is 0.928. The number of rotatable bonds is 4. The van der Waals surface area contributed by atoms with Gasteiger partial charge < -0.3 is 10.2 Å². The van der Waals surface area contributed by atoms with Crippen molar-refractivity contribution in [1.29, 1.82) is 0 Å². The molecule has 0 unspecified atom stereocenters. The highest BCUT2D eigenvalue weighted by Gasteiger charge is 2.04. The second-order valence-corrected chi connectivity index (χ2v) is 4.87. The topological polar surface area (TPSA) is 32.3 Å². The second-order valence-electron chi connectivity index (χ2n) is 4.87. The molecule has 2 aromatic rings. The molecule has 0 aliphatic rings. The Morgan fingerprint density at radius 3 is 2.40 bits per heavy atom. The van der Waals surface area contributed by atoms with E-state index in [1.54, 1.807) is 11.0 Å². The summed E-state index contributed by atoms with van der Waals surface area (Å²) in [5.41, 5.74) is 2.46. The molecular formula is C16H17FN2O. The molecule has 0 aliphatic heterocycles. The van der Waals surface area contributed by atoms with Gasteiger partial charge >= 0.3 is 0 Å². The van der Waals surface area contributed by atoms with Crippen molar-refractivity contribution in [2.75, 3.05) is 26.0 Å². The summed E-state index contributed by atoms with van der Waals surface area (Å²) in [4.78, 5) is 13.4. The van der Waals surface area contributed by atoms with Crippen LogP contribution in [-0.2, 0) is 4.79 Å². The highest BCUT2D eigenvalue weighted by atomic mass is 19.1. The van der Waals surface area contributed by atoms with Gasteiger partial charge in [-0.3, -0.25) is 4.79 Å². The number of nitrogens with zero attached hydrogens (tertiary/aromatic N) is 1. The van der Waals surface area contributed by atoms with Crippen LogP contribution in [0.1, 0.15) is 0 Å². The number of benzene rings is 2. The van der Waals surface area contributed by atoms with E-state index in [-0.39, 0.29) is 11.7 Å². The first-order valence-corrected chi connectivity index (χ1v) is 6.35. The van der Waals surface area contributed by atoms with E-state index in [0.29, 0.717) is 6.54 Å². The number of halogens is 1. The molecule has 2 rings (SSSR count). The molecule has 1 N–H and O–H groups in total. The number of anilines is 1. The molecule has 0 spiro atoms. The average Bonchev–Trinajstić information content (AvgIpc) is 2.38. The Hall–Kier alpha value is -2.20. The monoisotopic (exact) mass is 272 g/mol. The van der Waals surface area contributed by atoms with Gasteiger partial charge in [-0.1, -0.05) is 24.3 Å². The summed E-state index contributed by atoms with van der Waals surface area (Å²) >= 11 is 0. The Kier molecular flexibility index (Phi) is 4.48. The van der Waals surface area contributed by atoms with E-state index in [9.17, 15) is 9.18 Å². The van der Waals surface area contributed by atoms with Crippen LogP contribution in [0.3, 0.4) is 0 Å². The maximum absolute atomic E-state index is 13.2. The predicted molar refractivity (Wildman–Crippen MR) is 79.0 cm³/mol. The Labute approximate surface area is 118 Å². The maximum atomic E-state index is 13.2. The second kappa shape index (κ2) is 6.30. The third-order valence-electron chi connectivity index (χ3n) is 2.79. The lowest BCUT2D eigenvalue weighted by Crippen LogP contribution is -2.26. The smallest absolute Gasteiger partial charge is 0.238 e. The summed E-state index contributed by atoms with van der Waals surface area (Å²) in [6, 6.07) is 13.8. The van der Waals surface area contributed by atoms with Crippen LogP contribution in [0.4, 0.5) is 10.1 Å². The number of carbonyl (C=O) groups excluding carboxylic acids is 1. The number of likely N-dealkylation sites (N-methyl/N-ethyl adjacent to an activating group) is 1. The molecular weight excluding hydrogens is 255 g/mol. The SMILES string of the molecule is CN(C)CC(=O)Nc1ccc(-c2cccc(F)c2)cc1. The van der Waals surface area contributed by atoms with Crippen molar-refractivity contribution < 1.29 is 9.18 Å². The van der Waals surface area contributed by atoms with E-state index < -0.39 is 0 Å². The molecule has 20 heavy (non-hydrogen) atoms. The van der Waals surface area contributed by atoms with Gasteiger partial charge in [0.25, 0.3) is 0 Å². The average molecular weight is 272 g/mol. The van der Waals surface area contributed by atoms with Crippen molar-refractivity contribution >= 4 is 11.6 Å². The Morgan fingerprint density at radius 1 is 1.10 bits per heavy atom. The standard InChI is InChI=1S/C16H17FN2O/c1-19(2)11-16(20)18-15-8-6-12(7-9-15)13-4-3-5-14(17)10-13/h3-10H,11H2,1-2H3,(H,18,20). The summed E-state index contributed by atoms with van der Waals surface area (Å²) in [6.07, 6.45) is 0. The van der Waals surface area contributed by atoms with E-state index in [1.807, 2.05) is 44.4 Å². The van der Waals surface area contributed by atoms with Crippen LogP contribution in [0, 0.1) is 5.82 Å². The van der Waals surface area contributed by atoms with E-state index in [2.05, 4.69) is 5.32 Å². The largest absolute Gasteiger partial charge is 0.325 e. The van der Waals surface area contributed by atoms with Gasteiger partial charge in [-0.05, 0) is 49.5 Å². The summed E-state index contributed by atoms with van der Waals surface area (Å²) in [5, 5.41) is 2.81. The van der Waals surface area contributed by atoms with E-state index in [4.69, 9.17) is 0 Å². The Bertz CT molecular complexity index is 594. The molecule has 0 atom stereocenters. The van der Waals surface area contributed by atoms with Gasteiger partial charge in [0.1, 0.15) is 5.82 Å². The van der Waals surface area contributed by atoms with Gasteiger partial charge in [-0.2, -0.15) is 0 Å². The molecule has 4 heteroatoms. The van der Waals surface area contributed by atoms with Gasteiger partial charge in [0.05, 0.1) is 6.54 Å². The van der Waals surface area contributed by atoms with Crippen molar-refractivity contribution in [2.45, 2.75) is 0 Å². The third kappa shape index (κ3) is 3.90. The Balaban J connectivity index is 2.08. The molecule has 1 amide bonds. The lowest BCUT2D eigenvalue weighted by atomic mass is 10.1. The zero-order chi connectivity index (χ0) is 14.5. The minimum absolute atomic E-state index is 0.0616. The van der Waals surface area contributed by atoms with Crippen LogP contribution in [-0.4, -0.2) is 31.4 Å². The van der Waals surface area contributed by atoms with Gasteiger partial charge in [0.2, 0.25) is 5.91 Å². The van der Waals surface area contributed by atoms with Crippen LogP contribution < -0.4 is 5.32 Å². The van der Waals surface area contributed by atoms with Crippen LogP contribution in [0.15, 0.2) is 48.5 Å². The number of carbonyl (C=O) groups is 1. The number of hydrogen-bond donors (Lipinski definition) is 1. The fourth-order valence-electron chi connectivity index (χ4n) is 1.90. The van der Waals surface area contributed by atoms with Crippen molar-refractivity contribution in [1.82, 2.24) is 4.90 Å². The summed E-state index contributed by atoms with van der Waals surface area (Å²) in [6.45, 7) is 0.339. The number of amides is 1. The van der Waals surface area contributed by atoms with Crippen LogP contribution in [0.25, 0.3) is 11.1 Å². The van der Waals surface area contributed by atoms with Crippen molar-refractivity contribution in [3.8, 4) is 11.1 Å². The summed E-state index contributed by atoms with van der Waals surface area (Å²) in [5.74, 6) is -0.320. The number of hydrogen-bond acceptors (Lipinski definition) is 2. The van der Waals surface area contributed by atoms with E-state index in [0.717, 1.165) is 16.8 Å². The first-order chi connectivity index (χ1) is 9.54. The molecule has 0 saturated carbocycles. The van der Waals surface area contributed by atoms with Gasteiger partial charge in [-0.25, -0.2) is 4.39 Å². The minimum atomic E-state index is -0.258. The van der Waals surface area contributed by atoms with Gasteiger partial charge in [-0.15, -0.1) is 0 Å². The van der Waals surface area contributed by atoms with Crippen molar-refractivity contribution in [3.63, 3.8) is 0 Å². The fourth-order valence-corrected chi connectivity index (χ4v) is 1.90. The molecule has 3 nitrogen and oxygen atoms in total. The van der Waals surface area contributed by atoms with Crippen molar-refractivity contribution in [2.24, 2.45) is 0 Å². The third-order valence-corrected chi connectivity index (χ3v) is 2.79. The molecule has 0 fully saturated rings. The molecule has 0 bridgehead atoms. The van der Waals surface area contributed by atoms with Gasteiger partial charge in [0, 0.05) is 5.69 Å².